The fraction of sp³-hybridized carbons (Fsp3) is 0.769. The molecule has 0 radical (unpaired) electrons. The lowest BCUT2D eigenvalue weighted by atomic mass is 10.3. The van der Waals surface area contributed by atoms with Crippen molar-refractivity contribution in [1.82, 2.24) is 24.8 Å². The van der Waals surface area contributed by atoms with E-state index in [1.807, 2.05) is 19.0 Å². The van der Waals surface area contributed by atoms with Gasteiger partial charge in [-0.2, -0.15) is 15.0 Å². The molecule has 0 atom stereocenters. The minimum Gasteiger partial charge on any atom is -0.395 e. The number of aliphatic hydroxyl groups is 1. The molecule has 0 aromatic carbocycles. The van der Waals surface area contributed by atoms with Gasteiger partial charge in [-0.15, -0.1) is 0 Å². The maximum Gasteiger partial charge on any atom is 0.229 e. The van der Waals surface area contributed by atoms with Crippen LogP contribution in [0.4, 0.5) is 11.9 Å². The first-order valence-corrected chi connectivity index (χ1v) is 7.32. The van der Waals surface area contributed by atoms with Crippen LogP contribution >= 0.6 is 0 Å². The van der Waals surface area contributed by atoms with Gasteiger partial charge in [-0.25, -0.2) is 0 Å². The van der Waals surface area contributed by atoms with Crippen molar-refractivity contribution in [2.24, 2.45) is 0 Å². The fourth-order valence-corrected chi connectivity index (χ4v) is 2.44. The molecular weight excluding hydrogens is 270 g/mol. The molecule has 0 bridgehead atoms. The summed E-state index contributed by atoms with van der Waals surface area (Å²) in [7, 11) is 3.77. The van der Waals surface area contributed by atoms with Gasteiger partial charge in [0.15, 0.2) is 0 Å². The van der Waals surface area contributed by atoms with Gasteiger partial charge in [0.05, 0.1) is 13.2 Å². The van der Waals surface area contributed by atoms with Crippen molar-refractivity contribution in [1.29, 1.82) is 0 Å². The summed E-state index contributed by atoms with van der Waals surface area (Å²) >= 11 is 0. The van der Waals surface area contributed by atoms with E-state index in [1.54, 1.807) is 0 Å². The first kappa shape index (κ1) is 15.9. The Balaban J connectivity index is 1.98. The van der Waals surface area contributed by atoms with E-state index in [4.69, 9.17) is 10.8 Å². The molecule has 3 N–H and O–H groups in total. The molecule has 0 saturated carbocycles. The molecular formula is C13H25N7O. The number of rotatable bonds is 5. The lowest BCUT2D eigenvalue weighted by Gasteiger charge is -2.21. The van der Waals surface area contributed by atoms with Crippen LogP contribution in [0, 0.1) is 0 Å². The number of β-amino-alcohol motifs (C(OH)–C–C–N with tert-alkyl or cyclic N) is 1. The van der Waals surface area contributed by atoms with Gasteiger partial charge in [-0.1, -0.05) is 0 Å². The molecule has 2 heterocycles. The van der Waals surface area contributed by atoms with Gasteiger partial charge in [-0.05, 0) is 19.5 Å². The van der Waals surface area contributed by atoms with Crippen LogP contribution in [0.25, 0.3) is 0 Å². The van der Waals surface area contributed by atoms with Crippen molar-refractivity contribution in [2.75, 3.05) is 64.1 Å². The highest BCUT2D eigenvalue weighted by atomic mass is 16.3. The van der Waals surface area contributed by atoms with Crippen molar-refractivity contribution in [3.8, 4) is 0 Å². The third kappa shape index (κ3) is 4.76. The van der Waals surface area contributed by atoms with E-state index in [1.165, 1.54) is 0 Å². The second-order valence-electron chi connectivity index (χ2n) is 5.50. The molecule has 1 fully saturated rings. The highest BCUT2D eigenvalue weighted by Gasteiger charge is 2.16. The van der Waals surface area contributed by atoms with E-state index < -0.39 is 0 Å². The second kappa shape index (κ2) is 7.48. The Morgan fingerprint density at radius 3 is 2.52 bits per heavy atom. The predicted octanol–water partition coefficient (Wildman–Crippen LogP) is -0.980. The summed E-state index contributed by atoms with van der Waals surface area (Å²) in [5, 5.41) is 9.02. The summed E-state index contributed by atoms with van der Waals surface area (Å²) in [6.45, 7) is 5.59. The molecule has 8 heteroatoms. The van der Waals surface area contributed by atoms with Crippen LogP contribution in [-0.4, -0.2) is 83.3 Å². The normalized spacial score (nSPS) is 17.7. The molecule has 2 rings (SSSR count). The Kier molecular flexibility index (Phi) is 5.66. The predicted molar refractivity (Wildman–Crippen MR) is 82.0 cm³/mol. The third-order valence-electron chi connectivity index (χ3n) is 3.55. The van der Waals surface area contributed by atoms with E-state index in [0.29, 0.717) is 18.3 Å². The first-order chi connectivity index (χ1) is 10.1. The summed E-state index contributed by atoms with van der Waals surface area (Å²) in [5.74, 6) is 1.57. The molecule has 0 aliphatic carbocycles. The number of hydrogen-bond acceptors (Lipinski definition) is 8. The van der Waals surface area contributed by atoms with Crippen LogP contribution in [-0.2, 0) is 6.54 Å². The average molecular weight is 295 g/mol. The SMILES string of the molecule is CN(C)c1nc(N)nc(CN2CCCN(CCO)CC2)n1. The van der Waals surface area contributed by atoms with Crippen molar-refractivity contribution in [3.05, 3.63) is 5.82 Å². The Morgan fingerprint density at radius 1 is 1.10 bits per heavy atom. The maximum atomic E-state index is 9.02. The van der Waals surface area contributed by atoms with Gasteiger partial charge < -0.3 is 15.7 Å². The summed E-state index contributed by atoms with van der Waals surface area (Å²) in [4.78, 5) is 19.2. The van der Waals surface area contributed by atoms with Gasteiger partial charge in [0.25, 0.3) is 0 Å². The van der Waals surface area contributed by atoms with Gasteiger partial charge in [0.2, 0.25) is 11.9 Å². The number of anilines is 2. The average Bonchev–Trinajstić information content (AvgIpc) is 2.64. The smallest absolute Gasteiger partial charge is 0.229 e. The molecule has 1 aliphatic heterocycles. The number of aliphatic hydroxyl groups excluding tert-OH is 1. The van der Waals surface area contributed by atoms with E-state index in [2.05, 4.69) is 24.8 Å². The number of aromatic nitrogens is 3. The van der Waals surface area contributed by atoms with Crippen LogP contribution in [0.2, 0.25) is 0 Å². The molecule has 8 nitrogen and oxygen atoms in total. The van der Waals surface area contributed by atoms with E-state index in [0.717, 1.165) is 39.1 Å². The van der Waals surface area contributed by atoms with Crippen molar-refractivity contribution >= 4 is 11.9 Å². The number of nitrogens with two attached hydrogens (primary N) is 1. The number of nitrogens with zero attached hydrogens (tertiary/aromatic N) is 6. The maximum absolute atomic E-state index is 9.02. The van der Waals surface area contributed by atoms with Crippen LogP contribution in [0.3, 0.4) is 0 Å². The molecule has 1 aromatic rings. The van der Waals surface area contributed by atoms with Crippen molar-refractivity contribution in [3.63, 3.8) is 0 Å². The topological polar surface area (TPSA) is 94.6 Å². The van der Waals surface area contributed by atoms with E-state index in [9.17, 15) is 0 Å². The second-order valence-corrected chi connectivity index (χ2v) is 5.50. The minimum absolute atomic E-state index is 0.218. The molecule has 118 valence electrons. The lowest BCUT2D eigenvalue weighted by Crippen LogP contribution is -2.32. The molecule has 1 aliphatic rings. The van der Waals surface area contributed by atoms with Gasteiger partial charge in [0, 0.05) is 33.7 Å². The largest absolute Gasteiger partial charge is 0.395 e. The van der Waals surface area contributed by atoms with Crippen molar-refractivity contribution in [2.45, 2.75) is 13.0 Å². The molecule has 21 heavy (non-hydrogen) atoms. The molecule has 0 spiro atoms. The fourth-order valence-electron chi connectivity index (χ4n) is 2.44. The summed E-state index contributed by atoms with van der Waals surface area (Å²) in [6.07, 6.45) is 1.08. The van der Waals surface area contributed by atoms with Gasteiger partial charge in [0.1, 0.15) is 5.82 Å². The summed E-state index contributed by atoms with van der Waals surface area (Å²) in [5.41, 5.74) is 5.75. The Bertz CT molecular complexity index is 454. The van der Waals surface area contributed by atoms with Crippen LogP contribution in [0.5, 0.6) is 0 Å². The molecule has 0 amide bonds. The standard InChI is InChI=1S/C13H25N7O/c1-18(2)13-16-11(15-12(14)17-13)10-20-5-3-4-19(6-7-20)8-9-21/h21H,3-10H2,1-2H3,(H2,14,15,16,17). The van der Waals surface area contributed by atoms with Crippen molar-refractivity contribution < 1.29 is 5.11 Å². The van der Waals surface area contributed by atoms with E-state index >= 15 is 0 Å². The monoisotopic (exact) mass is 295 g/mol. The quantitative estimate of drug-likeness (QED) is 0.716. The zero-order valence-corrected chi connectivity index (χ0v) is 12.9. The summed E-state index contributed by atoms with van der Waals surface area (Å²) in [6, 6.07) is 0. The Hall–Kier alpha value is -1.51. The van der Waals surface area contributed by atoms with Crippen LogP contribution in [0.1, 0.15) is 12.2 Å². The zero-order chi connectivity index (χ0) is 15.2. The summed E-state index contributed by atoms with van der Waals surface area (Å²) < 4.78 is 0. The molecule has 1 saturated heterocycles. The molecule has 1 aromatic heterocycles. The van der Waals surface area contributed by atoms with E-state index in [-0.39, 0.29) is 12.6 Å². The number of nitrogen functional groups attached to an aromatic ring is 1. The first-order valence-electron chi connectivity index (χ1n) is 7.32. The Morgan fingerprint density at radius 2 is 1.81 bits per heavy atom. The Labute approximate surface area is 125 Å². The minimum atomic E-state index is 0.218. The third-order valence-corrected chi connectivity index (χ3v) is 3.55. The lowest BCUT2D eigenvalue weighted by molar-refractivity contribution is 0.195. The molecule has 0 unspecified atom stereocenters. The highest BCUT2D eigenvalue weighted by molar-refractivity contribution is 5.32. The van der Waals surface area contributed by atoms with Crippen LogP contribution in [0.15, 0.2) is 0 Å². The highest BCUT2D eigenvalue weighted by Crippen LogP contribution is 2.10. The number of hydrogen-bond donors (Lipinski definition) is 2. The van der Waals surface area contributed by atoms with Crippen LogP contribution < -0.4 is 10.6 Å². The van der Waals surface area contributed by atoms with Gasteiger partial charge in [-0.3, -0.25) is 9.80 Å². The zero-order valence-electron chi connectivity index (χ0n) is 12.9. The van der Waals surface area contributed by atoms with Gasteiger partial charge >= 0.3 is 0 Å².